The van der Waals surface area contributed by atoms with Gasteiger partial charge in [-0.25, -0.2) is 0 Å². The number of rotatable bonds is 3. The van der Waals surface area contributed by atoms with Crippen LogP contribution in [0.4, 0.5) is 5.00 Å². The number of hydrogen-bond donors (Lipinski definition) is 2. The zero-order valence-electron chi connectivity index (χ0n) is 14.0. The minimum atomic E-state index is -0.245. The fourth-order valence-corrected chi connectivity index (χ4v) is 5.06. The molecule has 2 heterocycles. The van der Waals surface area contributed by atoms with Crippen LogP contribution in [0, 0.1) is 5.92 Å². The third-order valence-electron chi connectivity index (χ3n) is 4.82. The fraction of sp³-hybridized carbons (Fsp3) is 0.421. The number of carbonyl (C=O) groups excluding carboxylic acids is 1. The highest BCUT2D eigenvalue weighted by Crippen LogP contribution is 2.43. The van der Waals surface area contributed by atoms with Crippen molar-refractivity contribution in [1.82, 2.24) is 5.32 Å². The normalized spacial score (nSPS) is 22.2. The highest BCUT2D eigenvalue weighted by atomic mass is 32.1. The second kappa shape index (κ2) is 6.13. The Morgan fingerprint density at radius 1 is 1.29 bits per heavy atom. The van der Waals surface area contributed by atoms with Crippen LogP contribution in [0.5, 0.6) is 5.75 Å². The van der Waals surface area contributed by atoms with Gasteiger partial charge in [0.25, 0.3) is 5.91 Å². The molecule has 1 aliphatic heterocycles. The number of para-hydroxylation sites is 1. The third-order valence-corrected chi connectivity index (χ3v) is 6.01. The molecule has 126 valence electrons. The molecule has 1 amide bonds. The van der Waals surface area contributed by atoms with Gasteiger partial charge in [-0.1, -0.05) is 25.1 Å². The van der Waals surface area contributed by atoms with E-state index in [1.165, 1.54) is 16.9 Å². The van der Waals surface area contributed by atoms with Crippen molar-refractivity contribution in [3.63, 3.8) is 0 Å². The molecule has 0 fully saturated rings. The lowest BCUT2D eigenvalue weighted by Crippen LogP contribution is -2.38. The summed E-state index contributed by atoms with van der Waals surface area (Å²) in [6, 6.07) is 7.88. The van der Waals surface area contributed by atoms with E-state index in [2.05, 4.69) is 17.6 Å². The van der Waals surface area contributed by atoms with Gasteiger partial charge < -0.3 is 15.4 Å². The molecular weight excluding hydrogens is 320 g/mol. The molecule has 2 aliphatic rings. The minimum Gasteiger partial charge on any atom is -0.493 e. The third kappa shape index (κ3) is 2.57. The second-order valence-electron chi connectivity index (χ2n) is 6.58. The molecule has 1 aromatic heterocycles. The molecule has 4 rings (SSSR count). The maximum absolute atomic E-state index is 12.8. The van der Waals surface area contributed by atoms with Crippen molar-refractivity contribution >= 4 is 22.2 Å². The number of fused-ring (bicyclic) bond motifs is 3. The Balaban J connectivity index is 1.69. The van der Waals surface area contributed by atoms with Crippen LogP contribution in [0.15, 0.2) is 24.3 Å². The lowest BCUT2D eigenvalue weighted by molar-refractivity contribution is 0.0934. The summed E-state index contributed by atoms with van der Waals surface area (Å²) in [7, 11) is 0. The van der Waals surface area contributed by atoms with E-state index < -0.39 is 0 Å². The largest absolute Gasteiger partial charge is 0.493 e. The van der Waals surface area contributed by atoms with E-state index >= 15 is 0 Å². The molecule has 0 saturated heterocycles. The summed E-state index contributed by atoms with van der Waals surface area (Å²) in [5.41, 5.74) is 3.10. The van der Waals surface area contributed by atoms with Crippen LogP contribution < -0.4 is 15.4 Å². The molecule has 4 nitrogen and oxygen atoms in total. The topological polar surface area (TPSA) is 50.4 Å². The average Bonchev–Trinajstić information content (AvgIpc) is 2.93. The molecule has 2 aromatic rings. The predicted octanol–water partition coefficient (Wildman–Crippen LogP) is 4.13. The molecular formula is C19H22N2O2S. The molecule has 2 N–H and O–H groups in total. The maximum Gasteiger partial charge on any atom is 0.256 e. The SMILES string of the molecule is CCOc1ccccc1[C@H]1NC(=O)c2c(sc3c2CC[C@@H](C)C3)N1. The summed E-state index contributed by atoms with van der Waals surface area (Å²) < 4.78 is 5.72. The Labute approximate surface area is 146 Å². The first-order valence-corrected chi connectivity index (χ1v) is 9.42. The first-order chi connectivity index (χ1) is 11.7. The van der Waals surface area contributed by atoms with E-state index in [1.807, 2.05) is 31.2 Å². The van der Waals surface area contributed by atoms with E-state index in [0.29, 0.717) is 12.5 Å². The van der Waals surface area contributed by atoms with E-state index in [-0.39, 0.29) is 12.1 Å². The van der Waals surface area contributed by atoms with Gasteiger partial charge in [-0.15, -0.1) is 11.3 Å². The Kier molecular flexibility index (Phi) is 3.96. The summed E-state index contributed by atoms with van der Waals surface area (Å²) >= 11 is 1.75. The van der Waals surface area contributed by atoms with Crippen LogP contribution in [0.25, 0.3) is 0 Å². The zero-order valence-corrected chi connectivity index (χ0v) is 14.8. The van der Waals surface area contributed by atoms with Crippen LogP contribution in [0.1, 0.15) is 52.8 Å². The van der Waals surface area contributed by atoms with Crippen molar-refractivity contribution in [1.29, 1.82) is 0 Å². The lowest BCUT2D eigenvalue weighted by atomic mass is 9.88. The molecule has 1 aromatic carbocycles. The Hall–Kier alpha value is -2.01. The van der Waals surface area contributed by atoms with Gasteiger partial charge in [0.15, 0.2) is 0 Å². The van der Waals surface area contributed by atoms with Gasteiger partial charge in [0, 0.05) is 10.4 Å². The maximum atomic E-state index is 12.8. The summed E-state index contributed by atoms with van der Waals surface area (Å²) in [6.45, 7) is 4.86. The quantitative estimate of drug-likeness (QED) is 0.882. The molecule has 0 spiro atoms. The molecule has 0 unspecified atom stereocenters. The van der Waals surface area contributed by atoms with Gasteiger partial charge in [0.1, 0.15) is 16.9 Å². The van der Waals surface area contributed by atoms with Crippen molar-refractivity contribution < 1.29 is 9.53 Å². The minimum absolute atomic E-state index is 0.0344. The summed E-state index contributed by atoms with van der Waals surface area (Å²) in [4.78, 5) is 14.1. The highest BCUT2D eigenvalue weighted by Gasteiger charge is 2.33. The number of carbonyl (C=O) groups is 1. The monoisotopic (exact) mass is 342 g/mol. The van der Waals surface area contributed by atoms with Crippen LogP contribution in [-0.2, 0) is 12.8 Å². The average molecular weight is 342 g/mol. The van der Waals surface area contributed by atoms with Crippen LogP contribution in [0.3, 0.4) is 0 Å². The number of ether oxygens (including phenoxy) is 1. The summed E-state index contributed by atoms with van der Waals surface area (Å²) in [5.74, 6) is 1.55. The molecule has 0 radical (unpaired) electrons. The number of benzene rings is 1. The van der Waals surface area contributed by atoms with E-state index in [1.54, 1.807) is 11.3 Å². The fourth-order valence-electron chi connectivity index (χ4n) is 3.62. The molecule has 24 heavy (non-hydrogen) atoms. The van der Waals surface area contributed by atoms with Crippen molar-refractivity contribution in [2.75, 3.05) is 11.9 Å². The van der Waals surface area contributed by atoms with Crippen molar-refractivity contribution in [3.05, 3.63) is 45.8 Å². The number of thiophene rings is 1. The Morgan fingerprint density at radius 3 is 2.96 bits per heavy atom. The van der Waals surface area contributed by atoms with Gasteiger partial charge in [-0.3, -0.25) is 4.79 Å². The number of hydrogen-bond acceptors (Lipinski definition) is 4. The smallest absolute Gasteiger partial charge is 0.256 e. The summed E-state index contributed by atoms with van der Waals surface area (Å²) in [6.07, 6.45) is 3.02. The molecule has 1 aliphatic carbocycles. The van der Waals surface area contributed by atoms with E-state index in [0.717, 1.165) is 34.7 Å². The van der Waals surface area contributed by atoms with Gasteiger partial charge in [-0.05, 0) is 43.7 Å². The van der Waals surface area contributed by atoms with Crippen molar-refractivity contribution in [2.45, 2.75) is 39.3 Å². The Morgan fingerprint density at radius 2 is 2.12 bits per heavy atom. The first-order valence-electron chi connectivity index (χ1n) is 8.61. The first kappa shape index (κ1) is 15.5. The number of nitrogens with one attached hydrogen (secondary N) is 2. The van der Waals surface area contributed by atoms with Gasteiger partial charge in [-0.2, -0.15) is 0 Å². The lowest BCUT2D eigenvalue weighted by Gasteiger charge is -2.28. The molecule has 0 saturated carbocycles. The number of amides is 1. The zero-order chi connectivity index (χ0) is 16.7. The van der Waals surface area contributed by atoms with Gasteiger partial charge in [0.2, 0.25) is 0 Å². The number of anilines is 1. The van der Waals surface area contributed by atoms with Crippen LogP contribution in [0.2, 0.25) is 0 Å². The van der Waals surface area contributed by atoms with Crippen molar-refractivity contribution in [2.24, 2.45) is 5.92 Å². The van der Waals surface area contributed by atoms with E-state index in [4.69, 9.17) is 4.74 Å². The van der Waals surface area contributed by atoms with Crippen LogP contribution in [-0.4, -0.2) is 12.5 Å². The Bertz CT molecular complexity index is 784. The van der Waals surface area contributed by atoms with Gasteiger partial charge in [0.05, 0.1) is 12.2 Å². The summed E-state index contributed by atoms with van der Waals surface area (Å²) in [5, 5.41) is 7.64. The second-order valence-corrected chi connectivity index (χ2v) is 7.68. The van der Waals surface area contributed by atoms with Gasteiger partial charge >= 0.3 is 0 Å². The standard InChI is InChI=1S/C19H22N2O2S/c1-3-23-14-7-5-4-6-12(14)17-20-18(22)16-13-9-8-11(2)10-15(13)24-19(16)21-17/h4-7,11,17,21H,3,8-10H2,1-2H3,(H,20,22)/t11-,17+/m1/s1. The highest BCUT2D eigenvalue weighted by molar-refractivity contribution is 7.16. The molecule has 2 atom stereocenters. The van der Waals surface area contributed by atoms with Crippen LogP contribution >= 0.6 is 11.3 Å². The van der Waals surface area contributed by atoms with Crippen molar-refractivity contribution in [3.8, 4) is 5.75 Å². The van der Waals surface area contributed by atoms with E-state index in [9.17, 15) is 4.79 Å². The molecule has 0 bridgehead atoms. The molecule has 5 heteroatoms. The predicted molar refractivity (Wildman–Crippen MR) is 96.9 cm³/mol.